The summed E-state index contributed by atoms with van der Waals surface area (Å²) >= 11 is 3.25. The number of amides is 1. The maximum atomic E-state index is 13.0. The molecule has 19 heavy (non-hydrogen) atoms. The van der Waals surface area contributed by atoms with E-state index in [1.54, 1.807) is 6.07 Å². The minimum Gasteiger partial charge on any atom is -0.478 e. The van der Waals surface area contributed by atoms with E-state index >= 15 is 0 Å². The molecule has 0 saturated heterocycles. The Morgan fingerprint density at radius 3 is 2.53 bits per heavy atom. The van der Waals surface area contributed by atoms with Crippen molar-refractivity contribution in [3.63, 3.8) is 0 Å². The molecular formula is C13H13BrFNO3. The third-order valence-electron chi connectivity index (χ3n) is 2.67. The van der Waals surface area contributed by atoms with Crippen LogP contribution in [-0.4, -0.2) is 17.0 Å². The summed E-state index contributed by atoms with van der Waals surface area (Å²) in [6.07, 6.45) is 0. The van der Waals surface area contributed by atoms with Gasteiger partial charge >= 0.3 is 5.97 Å². The molecule has 0 saturated carbocycles. The molecule has 1 rings (SSSR count). The Bertz CT molecular complexity index is 555. The Balaban J connectivity index is 2.77. The zero-order valence-electron chi connectivity index (χ0n) is 10.5. The minimum absolute atomic E-state index is 0.0178. The summed E-state index contributed by atoms with van der Waals surface area (Å²) in [4.78, 5) is 22.4. The Morgan fingerprint density at radius 1 is 1.32 bits per heavy atom. The van der Waals surface area contributed by atoms with Gasteiger partial charge in [0.15, 0.2) is 0 Å². The van der Waals surface area contributed by atoms with Crippen LogP contribution in [0, 0.1) is 5.82 Å². The second kappa shape index (κ2) is 6.47. The highest BCUT2D eigenvalue weighted by atomic mass is 79.9. The standard InChI is InChI=1S/C13H13BrFNO3/c1-7(8(2)13(18)19)12(17)16-6-9-5-10(15)3-4-11(9)14/h3-5H,6H2,1-2H3,(H,16,17)(H,18,19)/b8-7-. The smallest absolute Gasteiger partial charge is 0.331 e. The number of carbonyl (C=O) groups is 2. The third kappa shape index (κ3) is 4.17. The summed E-state index contributed by atoms with van der Waals surface area (Å²) in [6, 6.07) is 4.14. The largest absolute Gasteiger partial charge is 0.478 e. The number of hydrogen-bond acceptors (Lipinski definition) is 2. The quantitative estimate of drug-likeness (QED) is 0.834. The first-order valence-electron chi connectivity index (χ1n) is 5.45. The summed E-state index contributed by atoms with van der Waals surface area (Å²) in [5, 5.41) is 11.3. The van der Waals surface area contributed by atoms with Gasteiger partial charge in [0.25, 0.3) is 0 Å². The van der Waals surface area contributed by atoms with Crippen molar-refractivity contribution in [3.05, 3.63) is 45.2 Å². The predicted molar refractivity (Wildman–Crippen MR) is 72.0 cm³/mol. The van der Waals surface area contributed by atoms with Crippen molar-refractivity contribution in [2.24, 2.45) is 0 Å². The van der Waals surface area contributed by atoms with Gasteiger partial charge in [0.2, 0.25) is 5.91 Å². The van der Waals surface area contributed by atoms with Gasteiger partial charge in [-0.25, -0.2) is 9.18 Å². The van der Waals surface area contributed by atoms with E-state index in [-0.39, 0.29) is 17.7 Å². The van der Waals surface area contributed by atoms with Crippen LogP contribution in [0.2, 0.25) is 0 Å². The molecule has 0 aliphatic heterocycles. The molecule has 0 radical (unpaired) electrons. The SMILES string of the molecule is C/C(C(=O)O)=C(\C)C(=O)NCc1cc(F)ccc1Br. The molecule has 1 aromatic carbocycles. The Kier molecular flexibility index (Phi) is 5.23. The fourth-order valence-corrected chi connectivity index (χ4v) is 1.70. The molecule has 0 bridgehead atoms. The van der Waals surface area contributed by atoms with E-state index in [9.17, 15) is 14.0 Å². The number of hydrogen-bond donors (Lipinski definition) is 2. The minimum atomic E-state index is -1.14. The van der Waals surface area contributed by atoms with Crippen LogP contribution < -0.4 is 5.32 Å². The van der Waals surface area contributed by atoms with Crippen LogP contribution in [0.4, 0.5) is 4.39 Å². The third-order valence-corrected chi connectivity index (χ3v) is 3.44. The molecule has 0 spiro atoms. The number of carboxylic acid groups (broad SMARTS) is 1. The maximum Gasteiger partial charge on any atom is 0.331 e. The van der Waals surface area contributed by atoms with Crippen LogP contribution in [0.15, 0.2) is 33.8 Å². The molecule has 0 unspecified atom stereocenters. The lowest BCUT2D eigenvalue weighted by molar-refractivity contribution is -0.133. The van der Waals surface area contributed by atoms with Gasteiger partial charge < -0.3 is 10.4 Å². The molecule has 6 heteroatoms. The van der Waals surface area contributed by atoms with Crippen molar-refractivity contribution >= 4 is 27.8 Å². The van der Waals surface area contributed by atoms with Gasteiger partial charge in [-0.2, -0.15) is 0 Å². The number of benzene rings is 1. The van der Waals surface area contributed by atoms with Gasteiger partial charge in [0.1, 0.15) is 5.82 Å². The van der Waals surface area contributed by atoms with Crippen LogP contribution >= 0.6 is 15.9 Å². The average Bonchev–Trinajstić information content (AvgIpc) is 2.37. The topological polar surface area (TPSA) is 66.4 Å². The van der Waals surface area contributed by atoms with Gasteiger partial charge in [-0.15, -0.1) is 0 Å². The first-order chi connectivity index (χ1) is 8.82. The second-order valence-electron chi connectivity index (χ2n) is 3.97. The normalized spacial score (nSPS) is 11.8. The number of nitrogens with one attached hydrogen (secondary N) is 1. The Morgan fingerprint density at radius 2 is 1.95 bits per heavy atom. The number of halogens is 2. The van der Waals surface area contributed by atoms with E-state index in [4.69, 9.17) is 5.11 Å². The van der Waals surface area contributed by atoms with Crippen molar-refractivity contribution in [1.29, 1.82) is 0 Å². The van der Waals surface area contributed by atoms with Gasteiger partial charge in [-0.1, -0.05) is 15.9 Å². The number of carboxylic acids is 1. The molecule has 2 N–H and O–H groups in total. The van der Waals surface area contributed by atoms with E-state index in [1.165, 1.54) is 26.0 Å². The van der Waals surface area contributed by atoms with Gasteiger partial charge in [0.05, 0.1) is 0 Å². The molecule has 0 fully saturated rings. The summed E-state index contributed by atoms with van der Waals surface area (Å²) < 4.78 is 13.7. The highest BCUT2D eigenvalue weighted by molar-refractivity contribution is 9.10. The highest BCUT2D eigenvalue weighted by Gasteiger charge is 2.12. The molecule has 0 heterocycles. The van der Waals surface area contributed by atoms with Gasteiger partial charge in [-0.05, 0) is 37.6 Å². The van der Waals surface area contributed by atoms with E-state index < -0.39 is 17.7 Å². The van der Waals surface area contributed by atoms with Crippen molar-refractivity contribution in [2.45, 2.75) is 20.4 Å². The monoisotopic (exact) mass is 329 g/mol. The van der Waals surface area contributed by atoms with Crippen molar-refractivity contribution in [1.82, 2.24) is 5.32 Å². The van der Waals surface area contributed by atoms with E-state index in [0.717, 1.165) is 0 Å². The predicted octanol–water partition coefficient (Wildman–Crippen LogP) is 2.63. The Labute approximate surface area is 118 Å². The van der Waals surface area contributed by atoms with Crippen molar-refractivity contribution in [2.75, 3.05) is 0 Å². The average molecular weight is 330 g/mol. The van der Waals surface area contributed by atoms with E-state index in [1.807, 2.05) is 0 Å². The number of aliphatic carboxylic acids is 1. The van der Waals surface area contributed by atoms with Crippen LogP contribution in [0.1, 0.15) is 19.4 Å². The fourth-order valence-electron chi connectivity index (χ4n) is 1.32. The van der Waals surface area contributed by atoms with Gasteiger partial charge in [0, 0.05) is 22.2 Å². The summed E-state index contributed by atoms with van der Waals surface area (Å²) in [6.45, 7) is 2.90. The van der Waals surface area contributed by atoms with Crippen molar-refractivity contribution < 1.29 is 19.1 Å². The highest BCUT2D eigenvalue weighted by Crippen LogP contribution is 2.17. The summed E-state index contributed by atoms with van der Waals surface area (Å²) in [5.74, 6) is -2.03. The zero-order chi connectivity index (χ0) is 14.6. The molecule has 4 nitrogen and oxygen atoms in total. The molecule has 0 aromatic heterocycles. The number of rotatable bonds is 4. The molecule has 0 aliphatic rings. The summed E-state index contributed by atoms with van der Waals surface area (Å²) in [7, 11) is 0. The maximum absolute atomic E-state index is 13.0. The lowest BCUT2D eigenvalue weighted by Crippen LogP contribution is -2.25. The van der Waals surface area contributed by atoms with E-state index in [0.29, 0.717) is 10.0 Å². The lowest BCUT2D eigenvalue weighted by Gasteiger charge is -2.08. The van der Waals surface area contributed by atoms with Crippen LogP contribution in [0.25, 0.3) is 0 Å². The molecule has 0 aliphatic carbocycles. The molecule has 1 amide bonds. The Hall–Kier alpha value is -1.69. The molecular weight excluding hydrogens is 317 g/mol. The number of carbonyl (C=O) groups excluding carboxylic acids is 1. The second-order valence-corrected chi connectivity index (χ2v) is 4.83. The van der Waals surface area contributed by atoms with Crippen LogP contribution in [0.3, 0.4) is 0 Å². The van der Waals surface area contributed by atoms with E-state index in [2.05, 4.69) is 21.2 Å². The van der Waals surface area contributed by atoms with Crippen molar-refractivity contribution in [3.8, 4) is 0 Å². The first-order valence-corrected chi connectivity index (χ1v) is 6.25. The van der Waals surface area contributed by atoms with Crippen LogP contribution in [0.5, 0.6) is 0 Å². The van der Waals surface area contributed by atoms with Crippen LogP contribution in [-0.2, 0) is 16.1 Å². The lowest BCUT2D eigenvalue weighted by atomic mass is 10.1. The molecule has 0 atom stereocenters. The fraction of sp³-hybridized carbons (Fsp3) is 0.231. The summed E-state index contributed by atoms with van der Waals surface area (Å²) in [5.41, 5.74) is 0.685. The first kappa shape index (κ1) is 15.4. The molecule has 102 valence electrons. The van der Waals surface area contributed by atoms with Gasteiger partial charge in [-0.3, -0.25) is 4.79 Å². The molecule has 1 aromatic rings. The zero-order valence-corrected chi connectivity index (χ0v) is 12.0.